The molecule has 0 aliphatic heterocycles. The van der Waals surface area contributed by atoms with E-state index in [0.29, 0.717) is 17.2 Å². The van der Waals surface area contributed by atoms with Gasteiger partial charge in [-0.3, -0.25) is 4.79 Å². The monoisotopic (exact) mass is 260 g/mol. The zero-order valence-corrected chi connectivity index (χ0v) is 11.9. The van der Waals surface area contributed by atoms with Crippen LogP contribution in [0.5, 0.6) is 0 Å². The standard InChI is InChI=1S/C16H24N2O/c1-11-8-9-15(17)14(10-11)16(19)18-12(2)13-6-4-3-5-7-13/h8-10,12-13H,3-7,17H2,1-2H3,(H,18,19)/t12-/m0/s1. The molecule has 3 nitrogen and oxygen atoms in total. The fourth-order valence-electron chi connectivity index (χ4n) is 2.90. The Balaban J connectivity index is 2.01. The summed E-state index contributed by atoms with van der Waals surface area (Å²) in [5, 5.41) is 3.12. The lowest BCUT2D eigenvalue weighted by Gasteiger charge is -2.28. The van der Waals surface area contributed by atoms with Crippen molar-refractivity contribution in [3.63, 3.8) is 0 Å². The SMILES string of the molecule is Cc1ccc(N)c(C(=O)N[C@@H](C)C2CCCCC2)c1. The van der Waals surface area contributed by atoms with E-state index in [1.54, 1.807) is 6.07 Å². The van der Waals surface area contributed by atoms with E-state index in [2.05, 4.69) is 12.2 Å². The molecular weight excluding hydrogens is 236 g/mol. The minimum absolute atomic E-state index is 0.0423. The molecule has 0 aromatic heterocycles. The third-order valence-electron chi connectivity index (χ3n) is 4.17. The van der Waals surface area contributed by atoms with Crippen LogP contribution in [-0.2, 0) is 0 Å². The van der Waals surface area contributed by atoms with Gasteiger partial charge in [-0.05, 0) is 44.7 Å². The van der Waals surface area contributed by atoms with Crippen LogP contribution in [0.15, 0.2) is 18.2 Å². The topological polar surface area (TPSA) is 55.1 Å². The third-order valence-corrected chi connectivity index (χ3v) is 4.17. The summed E-state index contributed by atoms with van der Waals surface area (Å²) >= 11 is 0. The van der Waals surface area contributed by atoms with E-state index in [1.165, 1.54) is 32.1 Å². The third kappa shape index (κ3) is 3.49. The van der Waals surface area contributed by atoms with Crippen molar-refractivity contribution in [2.24, 2.45) is 5.92 Å². The fraction of sp³-hybridized carbons (Fsp3) is 0.562. The Morgan fingerprint density at radius 1 is 1.32 bits per heavy atom. The van der Waals surface area contributed by atoms with Gasteiger partial charge < -0.3 is 11.1 Å². The van der Waals surface area contributed by atoms with Crippen molar-refractivity contribution < 1.29 is 4.79 Å². The van der Waals surface area contributed by atoms with Gasteiger partial charge in [-0.2, -0.15) is 0 Å². The molecule has 1 amide bonds. The number of carbonyl (C=O) groups is 1. The molecular formula is C16H24N2O. The number of anilines is 1. The van der Waals surface area contributed by atoms with Crippen LogP contribution >= 0.6 is 0 Å². The molecule has 1 atom stereocenters. The van der Waals surface area contributed by atoms with Gasteiger partial charge in [0.05, 0.1) is 5.56 Å². The minimum atomic E-state index is -0.0423. The first-order valence-electron chi connectivity index (χ1n) is 7.25. The smallest absolute Gasteiger partial charge is 0.253 e. The number of amides is 1. The van der Waals surface area contributed by atoms with Crippen molar-refractivity contribution in [3.8, 4) is 0 Å². The minimum Gasteiger partial charge on any atom is -0.398 e. The summed E-state index contributed by atoms with van der Waals surface area (Å²) in [6.07, 6.45) is 6.37. The molecule has 1 fully saturated rings. The molecule has 3 N–H and O–H groups in total. The van der Waals surface area contributed by atoms with Crippen LogP contribution < -0.4 is 11.1 Å². The van der Waals surface area contributed by atoms with E-state index in [-0.39, 0.29) is 11.9 Å². The van der Waals surface area contributed by atoms with E-state index in [9.17, 15) is 4.79 Å². The van der Waals surface area contributed by atoms with Crippen molar-refractivity contribution >= 4 is 11.6 Å². The maximum atomic E-state index is 12.3. The van der Waals surface area contributed by atoms with Gasteiger partial charge in [0.25, 0.3) is 5.91 Å². The Hall–Kier alpha value is -1.51. The van der Waals surface area contributed by atoms with Gasteiger partial charge in [0, 0.05) is 11.7 Å². The molecule has 0 heterocycles. The van der Waals surface area contributed by atoms with E-state index in [4.69, 9.17) is 5.73 Å². The number of rotatable bonds is 3. The van der Waals surface area contributed by atoms with Crippen LogP contribution in [0.2, 0.25) is 0 Å². The molecule has 1 aromatic carbocycles. The normalized spacial score (nSPS) is 18.0. The maximum Gasteiger partial charge on any atom is 0.253 e. The average Bonchev–Trinajstić information content (AvgIpc) is 2.42. The number of nitrogen functional groups attached to an aromatic ring is 1. The zero-order valence-electron chi connectivity index (χ0n) is 11.9. The van der Waals surface area contributed by atoms with Gasteiger partial charge in [-0.1, -0.05) is 30.9 Å². The molecule has 0 unspecified atom stereocenters. The quantitative estimate of drug-likeness (QED) is 0.819. The highest BCUT2D eigenvalue weighted by atomic mass is 16.1. The Bertz CT molecular complexity index is 450. The number of nitrogens with two attached hydrogens (primary N) is 1. The van der Waals surface area contributed by atoms with Crippen LogP contribution in [0.25, 0.3) is 0 Å². The van der Waals surface area contributed by atoms with Gasteiger partial charge in [0.2, 0.25) is 0 Å². The predicted molar refractivity (Wildman–Crippen MR) is 79.1 cm³/mol. The average molecular weight is 260 g/mol. The molecule has 19 heavy (non-hydrogen) atoms. The number of benzene rings is 1. The molecule has 0 spiro atoms. The van der Waals surface area contributed by atoms with Crippen LogP contribution in [0.4, 0.5) is 5.69 Å². The maximum absolute atomic E-state index is 12.3. The summed E-state index contributed by atoms with van der Waals surface area (Å²) in [7, 11) is 0. The molecule has 0 radical (unpaired) electrons. The second-order valence-corrected chi connectivity index (χ2v) is 5.75. The molecule has 1 aromatic rings. The van der Waals surface area contributed by atoms with Crippen molar-refractivity contribution in [1.82, 2.24) is 5.32 Å². The summed E-state index contributed by atoms with van der Waals surface area (Å²) in [4.78, 5) is 12.3. The predicted octanol–water partition coefficient (Wildman–Crippen LogP) is 3.28. The largest absolute Gasteiger partial charge is 0.398 e. The summed E-state index contributed by atoms with van der Waals surface area (Å²) in [5.74, 6) is 0.572. The Kier molecular flexibility index (Phi) is 4.46. The molecule has 0 bridgehead atoms. The first kappa shape index (κ1) is 13.9. The first-order chi connectivity index (χ1) is 9.08. The van der Waals surface area contributed by atoms with Gasteiger partial charge >= 0.3 is 0 Å². The van der Waals surface area contributed by atoms with Gasteiger partial charge in [-0.15, -0.1) is 0 Å². The number of hydrogen-bond donors (Lipinski definition) is 2. The Labute approximate surface area is 115 Å². The summed E-state index contributed by atoms with van der Waals surface area (Å²) < 4.78 is 0. The van der Waals surface area contributed by atoms with Crippen LogP contribution in [0.3, 0.4) is 0 Å². The Morgan fingerprint density at radius 2 is 2.00 bits per heavy atom. The Morgan fingerprint density at radius 3 is 2.68 bits per heavy atom. The van der Waals surface area contributed by atoms with Gasteiger partial charge in [0.15, 0.2) is 0 Å². The lowest BCUT2D eigenvalue weighted by Crippen LogP contribution is -2.39. The number of carbonyl (C=O) groups excluding carboxylic acids is 1. The van der Waals surface area contributed by atoms with E-state index in [1.807, 2.05) is 19.1 Å². The highest BCUT2D eigenvalue weighted by Gasteiger charge is 2.22. The molecule has 2 rings (SSSR count). The van der Waals surface area contributed by atoms with Crippen molar-refractivity contribution in [1.29, 1.82) is 0 Å². The highest BCUT2D eigenvalue weighted by Crippen LogP contribution is 2.26. The molecule has 3 heteroatoms. The van der Waals surface area contributed by atoms with Gasteiger partial charge in [0.1, 0.15) is 0 Å². The summed E-state index contributed by atoms with van der Waals surface area (Å²) in [6, 6.07) is 5.82. The van der Waals surface area contributed by atoms with E-state index < -0.39 is 0 Å². The van der Waals surface area contributed by atoms with Crippen LogP contribution in [0, 0.1) is 12.8 Å². The fourth-order valence-corrected chi connectivity index (χ4v) is 2.90. The lowest BCUT2D eigenvalue weighted by atomic mass is 9.84. The van der Waals surface area contributed by atoms with Crippen LogP contribution in [0.1, 0.15) is 54.9 Å². The highest BCUT2D eigenvalue weighted by molar-refractivity contribution is 5.99. The molecule has 104 valence electrons. The molecule has 0 saturated heterocycles. The molecule has 1 aliphatic carbocycles. The second-order valence-electron chi connectivity index (χ2n) is 5.75. The number of hydrogen-bond acceptors (Lipinski definition) is 2. The van der Waals surface area contributed by atoms with Crippen molar-refractivity contribution in [2.75, 3.05) is 5.73 Å². The zero-order chi connectivity index (χ0) is 13.8. The van der Waals surface area contributed by atoms with Crippen molar-refractivity contribution in [2.45, 2.75) is 52.0 Å². The first-order valence-corrected chi connectivity index (χ1v) is 7.25. The molecule has 1 saturated carbocycles. The van der Waals surface area contributed by atoms with Crippen LogP contribution in [-0.4, -0.2) is 11.9 Å². The van der Waals surface area contributed by atoms with Crippen molar-refractivity contribution in [3.05, 3.63) is 29.3 Å². The number of aryl methyl sites for hydroxylation is 1. The number of nitrogens with one attached hydrogen (secondary N) is 1. The molecule has 1 aliphatic rings. The van der Waals surface area contributed by atoms with E-state index >= 15 is 0 Å². The van der Waals surface area contributed by atoms with Gasteiger partial charge in [-0.25, -0.2) is 0 Å². The second kappa shape index (κ2) is 6.09. The summed E-state index contributed by atoms with van der Waals surface area (Å²) in [6.45, 7) is 4.08. The lowest BCUT2D eigenvalue weighted by molar-refractivity contribution is 0.0920. The van der Waals surface area contributed by atoms with E-state index in [0.717, 1.165) is 5.56 Å². The summed E-state index contributed by atoms with van der Waals surface area (Å²) in [5.41, 5.74) is 8.10.